The number of nitrogens with two attached hydrogens (primary N) is 1. The summed E-state index contributed by atoms with van der Waals surface area (Å²) in [5.41, 5.74) is 5.39. The molecule has 2 aliphatic rings. The van der Waals surface area contributed by atoms with Gasteiger partial charge in [0.2, 0.25) is 0 Å². The van der Waals surface area contributed by atoms with Crippen LogP contribution >= 0.6 is 0 Å². The van der Waals surface area contributed by atoms with Gasteiger partial charge < -0.3 is 10.6 Å². The second kappa shape index (κ2) is 8.15. The average Bonchev–Trinajstić information content (AvgIpc) is 2.61. The highest BCUT2D eigenvalue weighted by molar-refractivity contribution is 5.23. The highest BCUT2D eigenvalue weighted by Crippen LogP contribution is 2.33. The third kappa shape index (κ3) is 4.18. The van der Waals surface area contributed by atoms with Crippen molar-refractivity contribution in [2.45, 2.75) is 76.8 Å². The molecule has 1 heterocycles. The number of rotatable bonds is 5. The van der Waals surface area contributed by atoms with Crippen LogP contribution in [0, 0.1) is 5.92 Å². The predicted molar refractivity (Wildman–Crippen MR) is 98.0 cm³/mol. The molecular weight excluding hydrogens is 300 g/mol. The smallest absolute Gasteiger partial charge is 0.349 e. The Morgan fingerprint density at radius 3 is 2.50 bits per heavy atom. The van der Waals surface area contributed by atoms with Gasteiger partial charge in [0.25, 0.3) is 0 Å². The maximum Gasteiger partial charge on any atom is 0.349 e. The van der Waals surface area contributed by atoms with Crippen LogP contribution in [0.1, 0.15) is 70.8 Å². The molecule has 0 saturated heterocycles. The Kier molecular flexibility index (Phi) is 5.93. The van der Waals surface area contributed by atoms with Crippen molar-refractivity contribution in [2.24, 2.45) is 5.92 Å². The molecule has 0 spiro atoms. The molecule has 24 heavy (non-hydrogen) atoms. The molecule has 1 aromatic rings. The Morgan fingerprint density at radius 2 is 1.88 bits per heavy atom. The van der Waals surface area contributed by atoms with E-state index in [0.717, 1.165) is 24.8 Å². The second-order valence-corrected chi connectivity index (χ2v) is 7.60. The molecule has 1 aromatic heterocycles. The molecule has 0 aromatic carbocycles. The predicted octanol–water partition coefficient (Wildman–Crippen LogP) is 3.21. The maximum absolute atomic E-state index is 12.0. The van der Waals surface area contributed by atoms with Crippen LogP contribution in [0.15, 0.2) is 17.1 Å². The molecule has 0 bridgehead atoms. The molecule has 2 N–H and O–H groups in total. The minimum atomic E-state index is -0.198. The molecular formula is C19H32N4O. The van der Waals surface area contributed by atoms with Crippen LogP contribution in [0.2, 0.25) is 0 Å². The highest BCUT2D eigenvalue weighted by Gasteiger charge is 2.27. The van der Waals surface area contributed by atoms with Gasteiger partial charge in [-0.2, -0.15) is 4.98 Å². The summed E-state index contributed by atoms with van der Waals surface area (Å²) >= 11 is 0. The first-order valence-corrected chi connectivity index (χ1v) is 9.76. The summed E-state index contributed by atoms with van der Waals surface area (Å²) in [4.78, 5) is 18.6. The first-order valence-electron chi connectivity index (χ1n) is 9.76. The van der Waals surface area contributed by atoms with Gasteiger partial charge in [0.1, 0.15) is 5.82 Å². The molecule has 134 valence electrons. The van der Waals surface area contributed by atoms with Crippen LogP contribution < -0.4 is 11.4 Å². The van der Waals surface area contributed by atoms with E-state index >= 15 is 0 Å². The minimum absolute atomic E-state index is 0.198. The van der Waals surface area contributed by atoms with Gasteiger partial charge in [0, 0.05) is 24.8 Å². The molecule has 0 radical (unpaired) electrons. The fraction of sp³-hybridized carbons (Fsp3) is 0.789. The van der Waals surface area contributed by atoms with Crippen molar-refractivity contribution in [1.82, 2.24) is 14.5 Å². The first-order chi connectivity index (χ1) is 11.7. The van der Waals surface area contributed by atoms with Gasteiger partial charge in [-0.25, -0.2) is 4.79 Å². The van der Waals surface area contributed by atoms with E-state index in [9.17, 15) is 4.79 Å². The summed E-state index contributed by atoms with van der Waals surface area (Å²) in [7, 11) is 0. The zero-order valence-corrected chi connectivity index (χ0v) is 15.0. The van der Waals surface area contributed by atoms with Crippen LogP contribution in [0.4, 0.5) is 5.82 Å². The average molecular weight is 332 g/mol. The zero-order chi connectivity index (χ0) is 16.9. The van der Waals surface area contributed by atoms with Gasteiger partial charge in [0.05, 0.1) is 0 Å². The molecule has 2 aliphatic carbocycles. The van der Waals surface area contributed by atoms with E-state index in [1.165, 1.54) is 58.0 Å². The van der Waals surface area contributed by atoms with E-state index in [-0.39, 0.29) is 5.69 Å². The van der Waals surface area contributed by atoms with E-state index in [0.29, 0.717) is 11.9 Å². The minimum Gasteiger partial charge on any atom is -0.383 e. The SMILES string of the molecule is CCN(CC1CCC(n2ccc(N)nc2=O)CC1)C1CCCCC1. The van der Waals surface area contributed by atoms with E-state index in [1.807, 2.05) is 6.20 Å². The standard InChI is InChI=1S/C19H32N4O/c1-2-22(16-6-4-3-5-7-16)14-15-8-10-17(11-9-15)23-13-12-18(20)21-19(23)24/h12-13,15-17H,2-11,14H2,1H3,(H2,20,21,24). The van der Waals surface area contributed by atoms with Crippen LogP contribution in [-0.2, 0) is 0 Å². The van der Waals surface area contributed by atoms with Crippen molar-refractivity contribution >= 4 is 5.82 Å². The lowest BCUT2D eigenvalue weighted by atomic mass is 9.84. The molecule has 0 atom stereocenters. The van der Waals surface area contributed by atoms with Gasteiger partial charge in [-0.1, -0.05) is 26.2 Å². The van der Waals surface area contributed by atoms with Crippen molar-refractivity contribution < 1.29 is 0 Å². The number of hydrogen-bond acceptors (Lipinski definition) is 4. The van der Waals surface area contributed by atoms with Crippen molar-refractivity contribution in [3.63, 3.8) is 0 Å². The van der Waals surface area contributed by atoms with E-state index in [1.54, 1.807) is 10.6 Å². The highest BCUT2D eigenvalue weighted by atomic mass is 16.1. The normalized spacial score (nSPS) is 25.9. The van der Waals surface area contributed by atoms with Crippen LogP contribution in [0.5, 0.6) is 0 Å². The van der Waals surface area contributed by atoms with E-state index < -0.39 is 0 Å². The maximum atomic E-state index is 12.0. The topological polar surface area (TPSA) is 64.2 Å². The van der Waals surface area contributed by atoms with Gasteiger partial charge in [-0.3, -0.25) is 4.57 Å². The Hall–Kier alpha value is -1.36. The fourth-order valence-corrected chi connectivity index (χ4v) is 4.62. The van der Waals surface area contributed by atoms with Crippen LogP contribution in [0.25, 0.3) is 0 Å². The number of aromatic nitrogens is 2. The summed E-state index contributed by atoms with van der Waals surface area (Å²) in [5, 5.41) is 0. The first kappa shape index (κ1) is 17.5. The largest absolute Gasteiger partial charge is 0.383 e. The number of nitrogen functional groups attached to an aromatic ring is 1. The summed E-state index contributed by atoms with van der Waals surface area (Å²) < 4.78 is 1.78. The van der Waals surface area contributed by atoms with E-state index in [4.69, 9.17) is 5.73 Å². The lowest BCUT2D eigenvalue weighted by Crippen LogP contribution is -2.41. The summed E-state index contributed by atoms with van der Waals surface area (Å²) in [6.07, 6.45) is 13.4. The fourth-order valence-electron chi connectivity index (χ4n) is 4.62. The Bertz CT molecular complexity index is 571. The lowest BCUT2D eigenvalue weighted by Gasteiger charge is -2.38. The number of anilines is 1. The molecule has 3 rings (SSSR count). The quantitative estimate of drug-likeness (QED) is 0.899. The molecule has 2 saturated carbocycles. The number of hydrogen-bond donors (Lipinski definition) is 1. The van der Waals surface area contributed by atoms with Gasteiger partial charge >= 0.3 is 5.69 Å². The van der Waals surface area contributed by atoms with Crippen molar-refractivity contribution in [2.75, 3.05) is 18.8 Å². The molecule has 0 amide bonds. The molecule has 2 fully saturated rings. The van der Waals surface area contributed by atoms with Crippen LogP contribution in [-0.4, -0.2) is 33.6 Å². The molecule has 0 aliphatic heterocycles. The van der Waals surface area contributed by atoms with Crippen molar-refractivity contribution in [3.05, 3.63) is 22.7 Å². The molecule has 5 heteroatoms. The van der Waals surface area contributed by atoms with E-state index in [2.05, 4.69) is 16.8 Å². The second-order valence-electron chi connectivity index (χ2n) is 7.60. The Morgan fingerprint density at radius 1 is 1.17 bits per heavy atom. The Balaban J connectivity index is 1.53. The van der Waals surface area contributed by atoms with Crippen molar-refractivity contribution in [3.8, 4) is 0 Å². The Labute approximate surface area is 145 Å². The summed E-state index contributed by atoms with van der Waals surface area (Å²) in [5.74, 6) is 1.09. The van der Waals surface area contributed by atoms with Gasteiger partial charge in [0.15, 0.2) is 0 Å². The summed E-state index contributed by atoms with van der Waals surface area (Å²) in [6, 6.07) is 2.84. The van der Waals surface area contributed by atoms with Gasteiger partial charge in [-0.15, -0.1) is 0 Å². The van der Waals surface area contributed by atoms with Gasteiger partial charge in [-0.05, 0) is 57.1 Å². The zero-order valence-electron chi connectivity index (χ0n) is 15.0. The summed E-state index contributed by atoms with van der Waals surface area (Å²) in [6.45, 7) is 4.72. The third-order valence-corrected chi connectivity index (χ3v) is 6.05. The third-order valence-electron chi connectivity index (χ3n) is 6.05. The lowest BCUT2D eigenvalue weighted by molar-refractivity contribution is 0.119. The number of nitrogens with zero attached hydrogens (tertiary/aromatic N) is 3. The monoisotopic (exact) mass is 332 g/mol. The molecule has 0 unspecified atom stereocenters. The van der Waals surface area contributed by atoms with Crippen LogP contribution in [0.3, 0.4) is 0 Å². The van der Waals surface area contributed by atoms with Crippen molar-refractivity contribution in [1.29, 1.82) is 0 Å². The molecule has 5 nitrogen and oxygen atoms in total.